The highest BCUT2D eigenvalue weighted by Crippen LogP contribution is 2.47. The monoisotopic (exact) mass is 794 g/mol. The average Bonchev–Trinajstić information content (AvgIpc) is 3.15. The summed E-state index contributed by atoms with van der Waals surface area (Å²) < 4.78 is 33.4. The van der Waals surface area contributed by atoms with Gasteiger partial charge in [0, 0.05) is 12.8 Å². The predicted molar refractivity (Wildman–Crippen MR) is 207 cm³/mol. The second-order valence-corrected chi connectivity index (χ2v) is 16.3. The molecule has 6 atom stereocenters. The summed E-state index contributed by atoms with van der Waals surface area (Å²) in [5.74, 6) is -1.11. The summed E-state index contributed by atoms with van der Waals surface area (Å²) in [6.07, 6.45) is 17.1. The van der Waals surface area contributed by atoms with Gasteiger partial charge in [-0.15, -0.1) is 0 Å². The van der Waals surface area contributed by atoms with E-state index in [2.05, 4.69) is 26.0 Å². The maximum Gasteiger partial charge on any atom is 0.472 e. The molecule has 1 fully saturated rings. The van der Waals surface area contributed by atoms with E-state index in [1.807, 2.05) is 0 Å². The molecule has 0 heterocycles. The number of unbranched alkanes of at least 4 members (excludes halogenated alkanes) is 20. The lowest BCUT2D eigenvalue weighted by Gasteiger charge is -2.41. The Kier molecular flexibility index (Phi) is 29.7. The van der Waals surface area contributed by atoms with Crippen LogP contribution in [0.4, 0.5) is 0 Å². The fourth-order valence-electron chi connectivity index (χ4n) is 6.40. The molecule has 0 saturated heterocycles. The van der Waals surface area contributed by atoms with Crippen LogP contribution in [0.5, 0.6) is 0 Å². The van der Waals surface area contributed by atoms with Gasteiger partial charge in [-0.25, -0.2) is 4.57 Å². The van der Waals surface area contributed by atoms with E-state index in [0.29, 0.717) is 12.8 Å². The van der Waals surface area contributed by atoms with Gasteiger partial charge >= 0.3 is 19.8 Å². The third kappa shape index (κ3) is 24.3. The van der Waals surface area contributed by atoms with Gasteiger partial charge < -0.3 is 39.9 Å². The Morgan fingerprint density at radius 1 is 0.556 bits per heavy atom. The Hall–Kier alpha value is -1.41. The first-order valence-corrected chi connectivity index (χ1v) is 22.5. The molecule has 0 spiro atoms. The molecule has 6 N–H and O–H groups in total. The number of phosphoric ester groups is 1. The van der Waals surface area contributed by atoms with E-state index < -0.39 is 75.7 Å². The number of carbonyl (C=O) groups is 2. The summed E-state index contributed by atoms with van der Waals surface area (Å²) in [7, 11) is -5.11. The predicted octanol–water partition coefficient (Wildman–Crippen LogP) is 7.11. The normalized spacial score (nSPS) is 23.3. The molecule has 1 saturated carbocycles. The van der Waals surface area contributed by atoms with Crippen molar-refractivity contribution in [3.63, 3.8) is 0 Å². The van der Waals surface area contributed by atoms with Crippen molar-refractivity contribution < 1.29 is 63.1 Å². The van der Waals surface area contributed by atoms with Crippen LogP contribution in [0.2, 0.25) is 0 Å². The van der Waals surface area contributed by atoms with E-state index in [0.717, 1.165) is 57.8 Å². The van der Waals surface area contributed by atoms with Crippen LogP contribution < -0.4 is 0 Å². The largest absolute Gasteiger partial charge is 0.472 e. The third-order valence-corrected chi connectivity index (χ3v) is 10.8. The number of aliphatic hydroxyl groups excluding tert-OH is 5. The molecule has 0 aromatic rings. The molecule has 1 rings (SSSR count). The van der Waals surface area contributed by atoms with Crippen molar-refractivity contribution in [2.45, 2.75) is 217 Å². The number of carbonyl (C=O) groups excluding carboxylic acids is 2. The Balaban J connectivity index is 2.51. The summed E-state index contributed by atoms with van der Waals surface area (Å²) in [6.45, 7) is 3.25. The van der Waals surface area contributed by atoms with Crippen molar-refractivity contribution in [3.8, 4) is 0 Å². The molecule has 0 radical (unpaired) electrons. The minimum absolute atomic E-state index is 0.0899. The second kappa shape index (κ2) is 31.6. The first-order valence-electron chi connectivity index (χ1n) is 21.0. The summed E-state index contributed by atoms with van der Waals surface area (Å²) in [6, 6.07) is 0. The topological polar surface area (TPSA) is 210 Å². The number of hydrogen-bond acceptors (Lipinski definition) is 12. The van der Waals surface area contributed by atoms with Crippen molar-refractivity contribution in [1.29, 1.82) is 0 Å². The molecule has 54 heavy (non-hydrogen) atoms. The number of esters is 2. The van der Waals surface area contributed by atoms with Crippen LogP contribution in [0.15, 0.2) is 12.2 Å². The second-order valence-electron chi connectivity index (χ2n) is 14.8. The summed E-state index contributed by atoms with van der Waals surface area (Å²) in [4.78, 5) is 35.5. The minimum atomic E-state index is -5.11. The summed E-state index contributed by atoms with van der Waals surface area (Å²) in [5.41, 5.74) is 0. The molecule has 1 aliphatic carbocycles. The van der Waals surface area contributed by atoms with Crippen LogP contribution in [0, 0.1) is 0 Å². The van der Waals surface area contributed by atoms with E-state index >= 15 is 0 Å². The number of aliphatic hydroxyl groups is 5. The Bertz CT molecular complexity index is 1010. The molecule has 0 aliphatic heterocycles. The lowest BCUT2D eigenvalue weighted by Crippen LogP contribution is -2.64. The maximum absolute atomic E-state index is 12.8. The SMILES string of the molecule is CCCCC/C=C\CCCCCCCC(=O)OC(COC(=O)CCCCCCCCCCCCCCC)COP(=O)(O)OC1C(O)C(O)C(O)C(O)C1O. The molecular formula is C40H75O13P. The molecule has 318 valence electrons. The maximum atomic E-state index is 12.8. The Morgan fingerprint density at radius 2 is 0.944 bits per heavy atom. The van der Waals surface area contributed by atoms with Crippen LogP contribution in [0.3, 0.4) is 0 Å². The van der Waals surface area contributed by atoms with Crippen LogP contribution in [-0.2, 0) is 32.7 Å². The van der Waals surface area contributed by atoms with Crippen molar-refractivity contribution in [2.75, 3.05) is 13.2 Å². The number of rotatable bonds is 34. The molecule has 0 bridgehead atoms. The molecule has 6 unspecified atom stereocenters. The summed E-state index contributed by atoms with van der Waals surface area (Å²) >= 11 is 0. The van der Waals surface area contributed by atoms with E-state index in [4.69, 9.17) is 18.5 Å². The zero-order valence-electron chi connectivity index (χ0n) is 33.3. The van der Waals surface area contributed by atoms with Gasteiger partial charge in [0.25, 0.3) is 0 Å². The zero-order valence-corrected chi connectivity index (χ0v) is 34.2. The van der Waals surface area contributed by atoms with Gasteiger partial charge in [0.2, 0.25) is 0 Å². The molecule has 13 nitrogen and oxygen atoms in total. The standard InChI is InChI=1S/C40H75O13P/c1-3-5-7-9-11-13-15-17-19-20-22-24-26-28-33(41)50-30-32(52-34(42)29-27-25-23-21-18-16-14-12-10-8-6-4-2)31-51-54(48,49)53-40-38(46)36(44)35(43)37(45)39(40)47/h12,14,32,35-40,43-47H,3-11,13,15-31H2,1-2H3,(H,48,49)/b14-12-. The first-order chi connectivity index (χ1) is 25.9. The molecule has 0 aromatic heterocycles. The number of hydrogen-bond donors (Lipinski definition) is 6. The van der Waals surface area contributed by atoms with Gasteiger partial charge in [-0.1, -0.05) is 135 Å². The Labute approximate surface area is 324 Å². The van der Waals surface area contributed by atoms with E-state index in [1.165, 1.54) is 77.0 Å². The van der Waals surface area contributed by atoms with Gasteiger partial charge in [-0.3, -0.25) is 18.6 Å². The van der Waals surface area contributed by atoms with Gasteiger partial charge in [-0.2, -0.15) is 0 Å². The average molecular weight is 795 g/mol. The fraction of sp³-hybridized carbons (Fsp3) is 0.900. The number of allylic oxidation sites excluding steroid dienone is 2. The molecule has 0 amide bonds. The number of ether oxygens (including phenoxy) is 2. The Morgan fingerprint density at radius 3 is 1.44 bits per heavy atom. The highest BCUT2D eigenvalue weighted by atomic mass is 31.2. The fourth-order valence-corrected chi connectivity index (χ4v) is 7.37. The van der Waals surface area contributed by atoms with Crippen LogP contribution in [0.25, 0.3) is 0 Å². The molecule has 14 heteroatoms. The van der Waals surface area contributed by atoms with Crippen LogP contribution in [0.1, 0.15) is 174 Å². The third-order valence-electron chi connectivity index (χ3n) is 9.86. The molecular weight excluding hydrogens is 719 g/mol. The minimum Gasteiger partial charge on any atom is -0.462 e. The lowest BCUT2D eigenvalue weighted by atomic mass is 9.85. The van der Waals surface area contributed by atoms with Crippen molar-refractivity contribution in [1.82, 2.24) is 0 Å². The molecule has 1 aliphatic rings. The summed E-state index contributed by atoms with van der Waals surface area (Å²) in [5, 5.41) is 50.0. The number of phosphoric acid groups is 1. The van der Waals surface area contributed by atoms with Crippen molar-refractivity contribution in [2.24, 2.45) is 0 Å². The first kappa shape index (κ1) is 50.6. The quantitative estimate of drug-likeness (QED) is 0.0166. The van der Waals surface area contributed by atoms with Gasteiger partial charge in [0.15, 0.2) is 6.10 Å². The molecule has 0 aromatic carbocycles. The lowest BCUT2D eigenvalue weighted by molar-refractivity contribution is -0.220. The van der Waals surface area contributed by atoms with Crippen LogP contribution in [-0.4, -0.2) is 98.3 Å². The van der Waals surface area contributed by atoms with E-state index in [1.54, 1.807) is 0 Å². The smallest absolute Gasteiger partial charge is 0.462 e. The van der Waals surface area contributed by atoms with Gasteiger partial charge in [0.05, 0.1) is 6.61 Å². The highest BCUT2D eigenvalue weighted by Gasteiger charge is 2.51. The van der Waals surface area contributed by atoms with Crippen molar-refractivity contribution in [3.05, 3.63) is 12.2 Å². The van der Waals surface area contributed by atoms with Crippen molar-refractivity contribution >= 4 is 19.8 Å². The van der Waals surface area contributed by atoms with E-state index in [9.17, 15) is 44.6 Å². The van der Waals surface area contributed by atoms with Gasteiger partial charge in [0.1, 0.15) is 43.2 Å². The van der Waals surface area contributed by atoms with Crippen LogP contribution >= 0.6 is 7.82 Å². The highest BCUT2D eigenvalue weighted by molar-refractivity contribution is 7.47. The van der Waals surface area contributed by atoms with E-state index in [-0.39, 0.29) is 12.8 Å². The zero-order chi connectivity index (χ0) is 40.0. The van der Waals surface area contributed by atoms with Gasteiger partial charge in [-0.05, 0) is 38.5 Å².